The number of hydrogen-bond donors (Lipinski definition) is 2. The second-order valence-electron chi connectivity index (χ2n) is 5.75. The molecule has 3 rings (SSSR count). The standard InChI is InChI=1S/C21H19NO2/c1-15-11-13-17(14-12-15)20(16-7-3-2-4-8-16)22-19-10-6-5-9-18(19)21(23)24/h2-14,20,22H,1H3,(H,23,24). The van der Waals surface area contributed by atoms with Gasteiger partial charge < -0.3 is 10.4 Å². The van der Waals surface area contributed by atoms with E-state index < -0.39 is 5.97 Å². The second kappa shape index (κ2) is 7.01. The van der Waals surface area contributed by atoms with Crippen LogP contribution in [0.2, 0.25) is 0 Å². The lowest BCUT2D eigenvalue weighted by molar-refractivity contribution is 0.0698. The number of para-hydroxylation sites is 1. The molecule has 3 nitrogen and oxygen atoms in total. The summed E-state index contributed by atoms with van der Waals surface area (Å²) in [6.07, 6.45) is 0. The SMILES string of the molecule is Cc1ccc(C(Nc2ccccc2C(=O)O)c2ccccc2)cc1. The molecule has 0 saturated heterocycles. The Balaban J connectivity index is 2.03. The molecule has 0 saturated carbocycles. The van der Waals surface area contributed by atoms with E-state index in [1.165, 1.54) is 5.56 Å². The highest BCUT2D eigenvalue weighted by molar-refractivity contribution is 5.94. The van der Waals surface area contributed by atoms with Crippen LogP contribution in [0.4, 0.5) is 5.69 Å². The molecule has 0 spiro atoms. The van der Waals surface area contributed by atoms with Gasteiger partial charge in [-0.2, -0.15) is 0 Å². The molecule has 0 bridgehead atoms. The van der Waals surface area contributed by atoms with Crippen molar-refractivity contribution in [2.45, 2.75) is 13.0 Å². The van der Waals surface area contributed by atoms with E-state index in [-0.39, 0.29) is 11.6 Å². The molecule has 0 aliphatic carbocycles. The van der Waals surface area contributed by atoms with Gasteiger partial charge in [0.2, 0.25) is 0 Å². The molecule has 1 unspecified atom stereocenters. The van der Waals surface area contributed by atoms with Crippen LogP contribution in [0.5, 0.6) is 0 Å². The van der Waals surface area contributed by atoms with Gasteiger partial charge in [-0.25, -0.2) is 4.79 Å². The predicted molar refractivity (Wildman–Crippen MR) is 96.5 cm³/mol. The average molecular weight is 317 g/mol. The minimum Gasteiger partial charge on any atom is -0.478 e. The second-order valence-corrected chi connectivity index (χ2v) is 5.75. The average Bonchev–Trinajstić information content (AvgIpc) is 2.61. The summed E-state index contributed by atoms with van der Waals surface area (Å²) in [5, 5.41) is 12.8. The summed E-state index contributed by atoms with van der Waals surface area (Å²) in [4.78, 5) is 11.5. The van der Waals surface area contributed by atoms with Crippen LogP contribution in [0.15, 0.2) is 78.9 Å². The van der Waals surface area contributed by atoms with Crippen molar-refractivity contribution in [2.24, 2.45) is 0 Å². The lowest BCUT2D eigenvalue weighted by Gasteiger charge is -2.22. The molecule has 120 valence electrons. The summed E-state index contributed by atoms with van der Waals surface area (Å²) in [5.74, 6) is -0.936. The lowest BCUT2D eigenvalue weighted by atomic mass is 9.97. The smallest absolute Gasteiger partial charge is 0.337 e. The summed E-state index contributed by atoms with van der Waals surface area (Å²) < 4.78 is 0. The number of hydrogen-bond acceptors (Lipinski definition) is 2. The number of rotatable bonds is 5. The molecule has 0 aliphatic rings. The van der Waals surface area contributed by atoms with E-state index in [1.807, 2.05) is 36.4 Å². The van der Waals surface area contributed by atoms with Crippen LogP contribution in [0.3, 0.4) is 0 Å². The third kappa shape index (κ3) is 3.46. The van der Waals surface area contributed by atoms with E-state index >= 15 is 0 Å². The van der Waals surface area contributed by atoms with Crippen LogP contribution >= 0.6 is 0 Å². The van der Waals surface area contributed by atoms with Gasteiger partial charge in [0.15, 0.2) is 0 Å². The molecule has 24 heavy (non-hydrogen) atoms. The van der Waals surface area contributed by atoms with E-state index in [9.17, 15) is 9.90 Å². The molecule has 0 heterocycles. The number of carbonyl (C=O) groups is 1. The first-order valence-corrected chi connectivity index (χ1v) is 7.85. The lowest BCUT2D eigenvalue weighted by Crippen LogP contribution is -2.14. The molecule has 3 aromatic rings. The molecule has 0 aliphatic heterocycles. The molecule has 2 N–H and O–H groups in total. The Morgan fingerprint density at radius 2 is 1.42 bits per heavy atom. The van der Waals surface area contributed by atoms with Crippen molar-refractivity contribution in [1.82, 2.24) is 0 Å². The molecule has 3 heteroatoms. The van der Waals surface area contributed by atoms with E-state index in [2.05, 4.69) is 36.5 Å². The zero-order chi connectivity index (χ0) is 16.9. The molecular formula is C21H19NO2. The molecule has 0 radical (unpaired) electrons. The number of carboxylic acids is 1. The van der Waals surface area contributed by atoms with Crippen molar-refractivity contribution in [3.05, 3.63) is 101 Å². The maximum Gasteiger partial charge on any atom is 0.337 e. The number of benzene rings is 3. The van der Waals surface area contributed by atoms with Gasteiger partial charge >= 0.3 is 5.97 Å². The Morgan fingerprint density at radius 1 is 0.833 bits per heavy atom. The number of anilines is 1. The highest BCUT2D eigenvalue weighted by Crippen LogP contribution is 2.28. The van der Waals surface area contributed by atoms with E-state index in [4.69, 9.17) is 0 Å². The van der Waals surface area contributed by atoms with Crippen molar-refractivity contribution < 1.29 is 9.90 Å². The third-order valence-electron chi connectivity index (χ3n) is 4.00. The van der Waals surface area contributed by atoms with Crippen LogP contribution in [-0.4, -0.2) is 11.1 Å². The van der Waals surface area contributed by atoms with Crippen molar-refractivity contribution in [2.75, 3.05) is 5.32 Å². The first kappa shape index (κ1) is 15.8. The van der Waals surface area contributed by atoms with Crippen LogP contribution < -0.4 is 5.32 Å². The summed E-state index contributed by atoms with van der Waals surface area (Å²) in [6.45, 7) is 2.05. The van der Waals surface area contributed by atoms with Crippen molar-refractivity contribution in [1.29, 1.82) is 0 Å². The zero-order valence-corrected chi connectivity index (χ0v) is 13.4. The van der Waals surface area contributed by atoms with Crippen molar-refractivity contribution in [3.63, 3.8) is 0 Å². The Labute approximate surface area is 141 Å². The normalized spacial score (nSPS) is 11.7. The quantitative estimate of drug-likeness (QED) is 0.704. The molecule has 0 aromatic heterocycles. The van der Waals surface area contributed by atoms with Gasteiger partial charge in [-0.3, -0.25) is 0 Å². The van der Waals surface area contributed by atoms with Gasteiger partial charge in [0.25, 0.3) is 0 Å². The highest BCUT2D eigenvalue weighted by atomic mass is 16.4. The van der Waals surface area contributed by atoms with Gasteiger partial charge in [-0.1, -0.05) is 72.3 Å². The topological polar surface area (TPSA) is 49.3 Å². The highest BCUT2D eigenvalue weighted by Gasteiger charge is 2.17. The summed E-state index contributed by atoms with van der Waals surface area (Å²) in [5.41, 5.74) is 4.25. The minimum atomic E-state index is -0.936. The summed E-state index contributed by atoms with van der Waals surface area (Å²) in [7, 11) is 0. The Morgan fingerprint density at radius 3 is 2.08 bits per heavy atom. The maximum absolute atomic E-state index is 11.5. The fourth-order valence-corrected chi connectivity index (χ4v) is 2.71. The number of nitrogens with one attached hydrogen (secondary N) is 1. The van der Waals surface area contributed by atoms with Crippen molar-refractivity contribution >= 4 is 11.7 Å². The minimum absolute atomic E-state index is 0.118. The zero-order valence-electron chi connectivity index (χ0n) is 13.4. The Kier molecular flexibility index (Phi) is 4.62. The van der Waals surface area contributed by atoms with E-state index in [0.29, 0.717) is 5.69 Å². The maximum atomic E-state index is 11.5. The van der Waals surface area contributed by atoms with Gasteiger partial charge in [0.05, 0.1) is 11.6 Å². The van der Waals surface area contributed by atoms with Crippen LogP contribution in [0.1, 0.15) is 33.1 Å². The molecule has 0 fully saturated rings. The molecule has 1 atom stereocenters. The number of aromatic carboxylic acids is 1. The summed E-state index contributed by atoms with van der Waals surface area (Å²) in [6, 6.07) is 25.2. The van der Waals surface area contributed by atoms with Gasteiger partial charge in [-0.15, -0.1) is 0 Å². The fraction of sp³-hybridized carbons (Fsp3) is 0.0952. The first-order chi connectivity index (χ1) is 11.6. The number of carboxylic acid groups (broad SMARTS) is 1. The molecule has 0 amide bonds. The van der Waals surface area contributed by atoms with Gasteiger partial charge in [0.1, 0.15) is 0 Å². The largest absolute Gasteiger partial charge is 0.478 e. The predicted octanol–water partition coefficient (Wildman–Crippen LogP) is 4.89. The molecule has 3 aromatic carbocycles. The number of aryl methyl sites for hydroxylation is 1. The third-order valence-corrected chi connectivity index (χ3v) is 4.00. The van der Waals surface area contributed by atoms with E-state index in [1.54, 1.807) is 18.2 Å². The Hall–Kier alpha value is -3.07. The van der Waals surface area contributed by atoms with Gasteiger partial charge in [-0.05, 0) is 30.2 Å². The van der Waals surface area contributed by atoms with Crippen LogP contribution in [0.25, 0.3) is 0 Å². The van der Waals surface area contributed by atoms with Crippen LogP contribution in [0, 0.1) is 6.92 Å². The Bertz CT molecular complexity index is 826. The van der Waals surface area contributed by atoms with E-state index in [0.717, 1.165) is 11.1 Å². The summed E-state index contributed by atoms with van der Waals surface area (Å²) >= 11 is 0. The fourth-order valence-electron chi connectivity index (χ4n) is 2.71. The first-order valence-electron chi connectivity index (χ1n) is 7.85. The van der Waals surface area contributed by atoms with Crippen LogP contribution in [-0.2, 0) is 0 Å². The van der Waals surface area contributed by atoms with Gasteiger partial charge in [0, 0.05) is 5.69 Å². The van der Waals surface area contributed by atoms with Crippen molar-refractivity contribution in [3.8, 4) is 0 Å². The molecular weight excluding hydrogens is 298 g/mol. The monoisotopic (exact) mass is 317 g/mol.